The Hall–Kier alpha value is -0.980. The van der Waals surface area contributed by atoms with Crippen molar-refractivity contribution in [3.05, 3.63) is 11.1 Å². The molecule has 4 N–H and O–H groups in total. The van der Waals surface area contributed by atoms with E-state index in [0.29, 0.717) is 0 Å². The second-order valence-electron chi connectivity index (χ2n) is 2.15. The molecule has 13 heavy (non-hydrogen) atoms. The summed E-state index contributed by atoms with van der Waals surface area (Å²) >= 11 is 2.89. The molecule has 7 heteroatoms. The van der Waals surface area contributed by atoms with Crippen molar-refractivity contribution in [2.45, 2.75) is 4.90 Å². The molecule has 1 aromatic carbocycles. The van der Waals surface area contributed by atoms with E-state index in [9.17, 15) is 4.21 Å². The molecule has 0 aliphatic carbocycles. The minimum absolute atomic E-state index is 0.312. The molecule has 0 radical (unpaired) electrons. The van der Waals surface area contributed by atoms with Crippen LogP contribution in [0.2, 0.25) is 5.02 Å². The molecule has 1 aromatic rings. The number of phenols is 3. The Balaban J connectivity index is 3.50. The summed E-state index contributed by atoms with van der Waals surface area (Å²) in [4.78, 5) is -0.458. The molecule has 1 unspecified atom stereocenters. The van der Waals surface area contributed by atoms with Crippen LogP contribution in [0.5, 0.6) is 17.2 Å². The topological polar surface area (TPSA) is 98.0 Å². The molecule has 0 saturated heterocycles. The van der Waals surface area contributed by atoms with Gasteiger partial charge in [-0.3, -0.25) is 0 Å². The van der Waals surface area contributed by atoms with Gasteiger partial charge in [0.15, 0.2) is 22.6 Å². The number of phenolic OH excluding ortho intramolecular Hbond substituents is 3. The summed E-state index contributed by atoms with van der Waals surface area (Å²) in [6, 6.07) is 0.891. The Morgan fingerprint density at radius 3 is 2.15 bits per heavy atom. The standard InChI is InChI=1S/C6H5ClO5S/c7-2-1-3(13(11)12)5(9)6(10)4(2)8/h1,8-10H,(H,11,12). The quantitative estimate of drug-likeness (QED) is 0.422. The first-order chi connectivity index (χ1) is 5.95. The largest absolute Gasteiger partial charge is 0.503 e. The highest BCUT2D eigenvalue weighted by molar-refractivity contribution is 7.79. The van der Waals surface area contributed by atoms with Gasteiger partial charge in [0.25, 0.3) is 0 Å². The Morgan fingerprint density at radius 1 is 1.15 bits per heavy atom. The molecule has 0 bridgehead atoms. The zero-order valence-electron chi connectivity index (χ0n) is 6.06. The van der Waals surface area contributed by atoms with Crippen LogP contribution in [0.1, 0.15) is 0 Å². The van der Waals surface area contributed by atoms with Crippen molar-refractivity contribution in [3.63, 3.8) is 0 Å². The number of halogens is 1. The van der Waals surface area contributed by atoms with Gasteiger partial charge in [0, 0.05) is 0 Å². The number of aromatic hydroxyl groups is 3. The molecular weight excluding hydrogens is 220 g/mol. The Labute approximate surface area is 80.5 Å². The molecule has 72 valence electrons. The Bertz CT molecular complexity index is 378. The van der Waals surface area contributed by atoms with Crippen LogP contribution in [0, 0.1) is 0 Å². The maximum Gasteiger partial charge on any atom is 0.203 e. The summed E-state index contributed by atoms with van der Waals surface area (Å²) in [7, 11) is 0. The smallest absolute Gasteiger partial charge is 0.203 e. The third-order valence-electron chi connectivity index (χ3n) is 1.35. The normalized spacial score (nSPS) is 12.8. The zero-order chi connectivity index (χ0) is 10.2. The average Bonchev–Trinajstić information content (AvgIpc) is 2.07. The van der Waals surface area contributed by atoms with Crippen molar-refractivity contribution in [3.8, 4) is 17.2 Å². The first kappa shape index (κ1) is 10.1. The van der Waals surface area contributed by atoms with E-state index >= 15 is 0 Å². The van der Waals surface area contributed by atoms with Crippen molar-refractivity contribution in [2.75, 3.05) is 0 Å². The minimum atomic E-state index is -2.47. The van der Waals surface area contributed by atoms with E-state index in [1.54, 1.807) is 0 Å². The summed E-state index contributed by atoms with van der Waals surface area (Å²) < 4.78 is 19.1. The Kier molecular flexibility index (Phi) is 2.65. The van der Waals surface area contributed by atoms with Gasteiger partial charge in [0.05, 0.1) is 5.02 Å². The monoisotopic (exact) mass is 224 g/mol. The number of hydrogen-bond donors (Lipinski definition) is 4. The van der Waals surface area contributed by atoms with Crippen LogP contribution in [0.25, 0.3) is 0 Å². The second kappa shape index (κ2) is 3.41. The lowest BCUT2D eigenvalue weighted by atomic mass is 10.3. The fourth-order valence-electron chi connectivity index (χ4n) is 0.727. The molecule has 0 saturated carbocycles. The molecule has 0 aliphatic heterocycles. The van der Waals surface area contributed by atoms with Crippen LogP contribution < -0.4 is 0 Å². The second-order valence-corrected chi connectivity index (χ2v) is 3.50. The first-order valence-corrected chi connectivity index (χ1v) is 4.48. The van der Waals surface area contributed by atoms with Gasteiger partial charge in [-0.15, -0.1) is 0 Å². The van der Waals surface area contributed by atoms with Crippen LogP contribution in [-0.4, -0.2) is 24.1 Å². The van der Waals surface area contributed by atoms with E-state index < -0.39 is 33.2 Å². The third kappa shape index (κ3) is 1.69. The summed E-state index contributed by atoms with van der Waals surface area (Å²) in [5.41, 5.74) is 0. The van der Waals surface area contributed by atoms with Gasteiger partial charge in [0.1, 0.15) is 4.90 Å². The molecule has 5 nitrogen and oxygen atoms in total. The lowest BCUT2D eigenvalue weighted by Crippen LogP contribution is -1.89. The molecule has 0 heterocycles. The Morgan fingerprint density at radius 2 is 1.69 bits per heavy atom. The minimum Gasteiger partial charge on any atom is -0.503 e. The molecule has 1 rings (SSSR count). The molecule has 0 aliphatic rings. The molecule has 1 atom stereocenters. The van der Waals surface area contributed by atoms with E-state index in [1.807, 2.05) is 0 Å². The van der Waals surface area contributed by atoms with Crippen molar-refractivity contribution in [2.24, 2.45) is 0 Å². The SMILES string of the molecule is O=S(O)c1cc(Cl)c(O)c(O)c1O. The number of benzene rings is 1. The molecular formula is C6H5ClO5S. The first-order valence-electron chi connectivity index (χ1n) is 2.99. The highest BCUT2D eigenvalue weighted by Crippen LogP contribution is 2.43. The van der Waals surface area contributed by atoms with Gasteiger partial charge in [-0.1, -0.05) is 11.6 Å². The van der Waals surface area contributed by atoms with Gasteiger partial charge in [0.2, 0.25) is 5.75 Å². The van der Waals surface area contributed by atoms with Crippen LogP contribution in [0.3, 0.4) is 0 Å². The highest BCUT2D eigenvalue weighted by Gasteiger charge is 2.18. The van der Waals surface area contributed by atoms with E-state index in [1.165, 1.54) is 0 Å². The van der Waals surface area contributed by atoms with Crippen LogP contribution in [0.4, 0.5) is 0 Å². The van der Waals surface area contributed by atoms with Crippen LogP contribution in [-0.2, 0) is 11.1 Å². The number of hydrogen-bond acceptors (Lipinski definition) is 4. The number of rotatable bonds is 1. The highest BCUT2D eigenvalue weighted by atomic mass is 35.5. The van der Waals surface area contributed by atoms with Gasteiger partial charge < -0.3 is 19.9 Å². The summed E-state index contributed by atoms with van der Waals surface area (Å²) in [5, 5.41) is 26.7. The fraction of sp³-hybridized carbons (Fsp3) is 0. The van der Waals surface area contributed by atoms with E-state index in [4.69, 9.17) is 31.5 Å². The van der Waals surface area contributed by atoms with E-state index in [0.717, 1.165) is 6.07 Å². The van der Waals surface area contributed by atoms with Crippen molar-refractivity contribution < 1.29 is 24.1 Å². The van der Waals surface area contributed by atoms with Crippen molar-refractivity contribution >= 4 is 22.7 Å². The summed E-state index contributed by atoms with van der Waals surface area (Å²) in [5.74, 6) is -2.50. The zero-order valence-corrected chi connectivity index (χ0v) is 7.63. The van der Waals surface area contributed by atoms with E-state index in [-0.39, 0.29) is 5.02 Å². The van der Waals surface area contributed by atoms with Crippen LogP contribution >= 0.6 is 11.6 Å². The lowest BCUT2D eigenvalue weighted by Gasteiger charge is -2.05. The predicted octanol–water partition coefficient (Wildman–Crippen LogP) is 1.04. The third-order valence-corrected chi connectivity index (χ3v) is 2.33. The lowest BCUT2D eigenvalue weighted by molar-refractivity contribution is 0.360. The summed E-state index contributed by atoms with van der Waals surface area (Å²) in [6.07, 6.45) is 0. The molecule has 0 fully saturated rings. The maximum atomic E-state index is 10.5. The molecule has 0 spiro atoms. The fourth-order valence-corrected chi connectivity index (χ4v) is 1.47. The van der Waals surface area contributed by atoms with E-state index in [2.05, 4.69) is 0 Å². The maximum absolute atomic E-state index is 10.5. The van der Waals surface area contributed by atoms with Gasteiger partial charge in [-0.05, 0) is 6.07 Å². The molecule has 0 aromatic heterocycles. The predicted molar refractivity (Wildman–Crippen MR) is 45.5 cm³/mol. The van der Waals surface area contributed by atoms with Gasteiger partial charge >= 0.3 is 0 Å². The van der Waals surface area contributed by atoms with Crippen molar-refractivity contribution in [1.82, 2.24) is 0 Å². The van der Waals surface area contributed by atoms with Crippen molar-refractivity contribution in [1.29, 1.82) is 0 Å². The molecule has 0 amide bonds. The summed E-state index contributed by atoms with van der Waals surface area (Å²) in [6.45, 7) is 0. The van der Waals surface area contributed by atoms with Gasteiger partial charge in [-0.2, -0.15) is 0 Å². The average molecular weight is 225 g/mol. The van der Waals surface area contributed by atoms with Crippen LogP contribution in [0.15, 0.2) is 11.0 Å². The van der Waals surface area contributed by atoms with Gasteiger partial charge in [-0.25, -0.2) is 4.21 Å².